The van der Waals surface area contributed by atoms with E-state index in [4.69, 9.17) is 10.4 Å². The van der Waals surface area contributed by atoms with Gasteiger partial charge in [0.25, 0.3) is 0 Å². The van der Waals surface area contributed by atoms with E-state index in [9.17, 15) is 12.8 Å². The van der Waals surface area contributed by atoms with Crippen LogP contribution in [0.4, 0.5) is 4.39 Å². The average Bonchev–Trinajstić information content (AvgIpc) is 2.58. The molecule has 26 heavy (non-hydrogen) atoms. The van der Waals surface area contributed by atoms with Gasteiger partial charge in [0.15, 0.2) is 11.5 Å². The van der Waals surface area contributed by atoms with Gasteiger partial charge in [-0.1, -0.05) is 6.07 Å². The van der Waals surface area contributed by atoms with Gasteiger partial charge in [0, 0.05) is 18.2 Å². The Hall–Kier alpha value is -2.34. The van der Waals surface area contributed by atoms with Crippen molar-refractivity contribution in [2.75, 3.05) is 6.61 Å². The molecule has 1 fully saturated rings. The zero-order valence-electron chi connectivity index (χ0n) is 14.1. The molecule has 1 heterocycles. The van der Waals surface area contributed by atoms with E-state index >= 15 is 0 Å². The molecule has 0 atom stereocenters. The van der Waals surface area contributed by atoms with Crippen LogP contribution in [0.25, 0.3) is 11.3 Å². The standard InChI is InChI=1S/C18H18FN3O3S/c1-11-6-14(26(24,25)22-13-7-12(8-13)10-23)2-3-15(11)17-5-4-16(19)18(9-20)21-17/h2-6,12-13,22-23H,7-8,10H2,1H3/t12-,13+. The Morgan fingerprint density at radius 3 is 2.69 bits per heavy atom. The van der Waals surface area contributed by atoms with Crippen molar-refractivity contribution in [2.24, 2.45) is 5.92 Å². The third kappa shape index (κ3) is 3.60. The van der Waals surface area contributed by atoms with Crippen LogP contribution in [0.5, 0.6) is 0 Å². The molecule has 0 saturated heterocycles. The normalized spacial score (nSPS) is 19.6. The van der Waals surface area contributed by atoms with Crippen LogP contribution >= 0.6 is 0 Å². The van der Waals surface area contributed by atoms with Gasteiger partial charge in [-0.15, -0.1) is 0 Å². The highest BCUT2D eigenvalue weighted by molar-refractivity contribution is 7.89. The maximum Gasteiger partial charge on any atom is 0.240 e. The maximum atomic E-state index is 13.4. The number of nitrogens with one attached hydrogen (secondary N) is 1. The first-order chi connectivity index (χ1) is 12.3. The molecule has 3 rings (SSSR count). The number of aliphatic hydroxyl groups is 1. The Morgan fingerprint density at radius 1 is 1.35 bits per heavy atom. The fourth-order valence-corrected chi connectivity index (χ4v) is 4.38. The summed E-state index contributed by atoms with van der Waals surface area (Å²) < 4.78 is 41.1. The third-order valence-electron chi connectivity index (χ3n) is 4.55. The summed E-state index contributed by atoms with van der Waals surface area (Å²) in [6.07, 6.45) is 1.26. The molecule has 8 heteroatoms. The van der Waals surface area contributed by atoms with E-state index < -0.39 is 15.8 Å². The lowest BCUT2D eigenvalue weighted by atomic mass is 9.82. The maximum absolute atomic E-state index is 13.4. The Kier molecular flexibility index (Phi) is 5.05. The van der Waals surface area contributed by atoms with Gasteiger partial charge in [-0.2, -0.15) is 5.26 Å². The molecule has 0 amide bonds. The largest absolute Gasteiger partial charge is 0.396 e. The van der Waals surface area contributed by atoms with Crippen LogP contribution in [0.1, 0.15) is 24.1 Å². The van der Waals surface area contributed by atoms with E-state index in [1.165, 1.54) is 24.3 Å². The summed E-state index contributed by atoms with van der Waals surface area (Å²) in [4.78, 5) is 4.11. The van der Waals surface area contributed by atoms with Crippen LogP contribution in [-0.2, 0) is 10.0 Å². The SMILES string of the molecule is Cc1cc(S(=O)(=O)N[C@H]2C[C@@H](CO)C2)ccc1-c1ccc(F)c(C#N)n1. The number of aromatic nitrogens is 1. The number of hydrogen-bond donors (Lipinski definition) is 2. The number of aliphatic hydroxyl groups excluding tert-OH is 1. The third-order valence-corrected chi connectivity index (χ3v) is 6.07. The minimum atomic E-state index is -3.66. The summed E-state index contributed by atoms with van der Waals surface area (Å²) in [6, 6.07) is 8.74. The molecule has 0 spiro atoms. The summed E-state index contributed by atoms with van der Waals surface area (Å²) in [5.41, 5.74) is 1.38. The molecule has 0 aliphatic heterocycles. The van der Waals surface area contributed by atoms with E-state index in [1.807, 2.05) is 0 Å². The number of pyridine rings is 1. The minimum absolute atomic E-state index is 0.0708. The van der Waals surface area contributed by atoms with E-state index in [-0.39, 0.29) is 29.2 Å². The Labute approximate surface area is 151 Å². The Morgan fingerprint density at radius 2 is 2.08 bits per heavy atom. The van der Waals surface area contributed by atoms with Gasteiger partial charge in [0.1, 0.15) is 6.07 Å². The topological polar surface area (TPSA) is 103 Å². The lowest BCUT2D eigenvalue weighted by Crippen LogP contribution is -2.45. The van der Waals surface area contributed by atoms with Gasteiger partial charge in [-0.05, 0) is 55.5 Å². The molecular weight excluding hydrogens is 357 g/mol. The number of benzene rings is 1. The van der Waals surface area contributed by atoms with Crippen molar-refractivity contribution < 1.29 is 17.9 Å². The second kappa shape index (κ2) is 7.11. The molecule has 136 valence electrons. The van der Waals surface area contributed by atoms with E-state index in [1.54, 1.807) is 19.1 Å². The second-order valence-corrected chi connectivity index (χ2v) is 8.17. The summed E-state index contributed by atoms with van der Waals surface area (Å²) in [7, 11) is -3.66. The predicted molar refractivity (Wildman–Crippen MR) is 93.0 cm³/mol. The van der Waals surface area contributed by atoms with Gasteiger partial charge in [-0.25, -0.2) is 22.5 Å². The van der Waals surface area contributed by atoms with Crippen LogP contribution in [0.15, 0.2) is 35.2 Å². The summed E-state index contributed by atoms with van der Waals surface area (Å²) in [5, 5.41) is 17.9. The fraction of sp³-hybridized carbons (Fsp3) is 0.333. The van der Waals surface area contributed by atoms with Crippen molar-refractivity contribution >= 4 is 10.0 Å². The van der Waals surface area contributed by atoms with E-state index in [2.05, 4.69) is 9.71 Å². The second-order valence-electron chi connectivity index (χ2n) is 6.45. The lowest BCUT2D eigenvalue weighted by Gasteiger charge is -2.34. The molecule has 0 unspecified atom stereocenters. The first kappa shape index (κ1) is 18.5. The summed E-state index contributed by atoms with van der Waals surface area (Å²) in [6.45, 7) is 1.80. The zero-order chi connectivity index (χ0) is 18.9. The van der Waals surface area contributed by atoms with Crippen LogP contribution in [-0.4, -0.2) is 31.2 Å². The molecule has 0 bridgehead atoms. The number of sulfonamides is 1. The zero-order valence-corrected chi connectivity index (χ0v) is 14.9. The predicted octanol–water partition coefficient (Wildman–Crippen LogP) is 2.12. The van der Waals surface area contributed by atoms with Gasteiger partial charge in [0.05, 0.1) is 10.6 Å². The summed E-state index contributed by atoms with van der Waals surface area (Å²) in [5.74, 6) is -0.537. The highest BCUT2D eigenvalue weighted by Crippen LogP contribution is 2.29. The van der Waals surface area contributed by atoms with Crippen molar-refractivity contribution in [1.82, 2.24) is 9.71 Å². The van der Waals surface area contributed by atoms with Gasteiger partial charge in [0.2, 0.25) is 10.0 Å². The van der Waals surface area contributed by atoms with Gasteiger partial charge < -0.3 is 5.11 Å². The number of aryl methyl sites for hydroxylation is 1. The van der Waals surface area contributed by atoms with Crippen molar-refractivity contribution in [1.29, 1.82) is 5.26 Å². The molecule has 1 aliphatic rings. The first-order valence-corrected chi connectivity index (χ1v) is 9.63. The smallest absolute Gasteiger partial charge is 0.240 e. The van der Waals surface area contributed by atoms with Crippen LogP contribution < -0.4 is 4.72 Å². The van der Waals surface area contributed by atoms with Crippen LogP contribution in [0.3, 0.4) is 0 Å². The number of halogens is 1. The van der Waals surface area contributed by atoms with Gasteiger partial charge >= 0.3 is 0 Å². The number of rotatable bonds is 5. The van der Waals surface area contributed by atoms with Crippen molar-refractivity contribution in [3.63, 3.8) is 0 Å². The highest BCUT2D eigenvalue weighted by atomic mass is 32.2. The van der Waals surface area contributed by atoms with Crippen molar-refractivity contribution in [3.05, 3.63) is 47.4 Å². The molecular formula is C18H18FN3O3S. The number of nitrogens with zero attached hydrogens (tertiary/aromatic N) is 2. The minimum Gasteiger partial charge on any atom is -0.396 e. The summed E-state index contributed by atoms with van der Waals surface area (Å²) >= 11 is 0. The fourth-order valence-electron chi connectivity index (χ4n) is 3.03. The van der Waals surface area contributed by atoms with E-state index in [0.717, 1.165) is 0 Å². The monoisotopic (exact) mass is 375 g/mol. The average molecular weight is 375 g/mol. The van der Waals surface area contributed by atoms with Crippen molar-refractivity contribution in [2.45, 2.75) is 30.7 Å². The van der Waals surface area contributed by atoms with Crippen LogP contribution in [0.2, 0.25) is 0 Å². The lowest BCUT2D eigenvalue weighted by molar-refractivity contribution is 0.137. The quantitative estimate of drug-likeness (QED) is 0.833. The number of nitriles is 1. The molecule has 1 saturated carbocycles. The van der Waals surface area contributed by atoms with Crippen LogP contribution in [0, 0.1) is 30.0 Å². The molecule has 1 aromatic carbocycles. The van der Waals surface area contributed by atoms with E-state index in [0.29, 0.717) is 29.7 Å². The molecule has 2 N–H and O–H groups in total. The molecule has 1 aliphatic carbocycles. The Balaban J connectivity index is 1.85. The van der Waals surface area contributed by atoms with Crippen molar-refractivity contribution in [3.8, 4) is 17.3 Å². The molecule has 2 aromatic rings. The Bertz CT molecular complexity index is 980. The first-order valence-electron chi connectivity index (χ1n) is 8.15. The van der Waals surface area contributed by atoms with Gasteiger partial charge in [-0.3, -0.25) is 0 Å². The molecule has 1 aromatic heterocycles. The number of hydrogen-bond acceptors (Lipinski definition) is 5. The molecule has 0 radical (unpaired) electrons. The highest BCUT2D eigenvalue weighted by Gasteiger charge is 2.32. The molecule has 6 nitrogen and oxygen atoms in total.